The van der Waals surface area contributed by atoms with Crippen LogP contribution in [0.15, 0.2) is 0 Å². The highest BCUT2D eigenvalue weighted by Gasteiger charge is 2.43. The van der Waals surface area contributed by atoms with Gasteiger partial charge in [-0.25, -0.2) is 0 Å². The third-order valence-corrected chi connectivity index (χ3v) is 2.54. The third kappa shape index (κ3) is 2.28. The minimum Gasteiger partial charge on any atom is -0.469 e. The average Bonchev–Trinajstić information content (AvgIpc) is 2.60. The van der Waals surface area contributed by atoms with E-state index in [0.29, 0.717) is 6.61 Å². The number of esters is 1. The molecule has 2 saturated heterocycles. The highest BCUT2D eigenvalue weighted by atomic mass is 16.7. The van der Waals surface area contributed by atoms with Gasteiger partial charge >= 0.3 is 5.97 Å². The van der Waals surface area contributed by atoms with Gasteiger partial charge in [0.15, 0.2) is 6.29 Å². The molecule has 0 aromatic rings. The van der Waals surface area contributed by atoms with Crippen LogP contribution in [0.2, 0.25) is 0 Å². The molecule has 15 heavy (non-hydrogen) atoms. The Morgan fingerprint density at radius 3 is 3.00 bits per heavy atom. The first-order valence-corrected chi connectivity index (χ1v) is 4.84. The van der Waals surface area contributed by atoms with Crippen molar-refractivity contribution in [3.8, 4) is 0 Å². The van der Waals surface area contributed by atoms with Gasteiger partial charge in [-0.1, -0.05) is 0 Å². The lowest BCUT2D eigenvalue weighted by molar-refractivity contribution is -0.249. The molecule has 6 heteroatoms. The molecule has 6 nitrogen and oxygen atoms in total. The predicted molar refractivity (Wildman–Crippen MR) is 47.0 cm³/mol. The van der Waals surface area contributed by atoms with Crippen molar-refractivity contribution in [1.29, 1.82) is 0 Å². The first kappa shape index (κ1) is 10.8. The van der Waals surface area contributed by atoms with E-state index < -0.39 is 24.5 Å². The smallest absolute Gasteiger partial charge is 0.310 e. The summed E-state index contributed by atoms with van der Waals surface area (Å²) in [5.41, 5.74) is 0. The van der Waals surface area contributed by atoms with Crippen LogP contribution in [-0.2, 0) is 23.7 Å². The summed E-state index contributed by atoms with van der Waals surface area (Å²) in [4.78, 5) is 11.0. The van der Waals surface area contributed by atoms with Gasteiger partial charge in [-0.05, 0) is 0 Å². The molecule has 2 heterocycles. The Balaban J connectivity index is 1.88. The lowest BCUT2D eigenvalue weighted by Gasteiger charge is -2.31. The monoisotopic (exact) mass is 218 g/mol. The van der Waals surface area contributed by atoms with Crippen LogP contribution >= 0.6 is 0 Å². The standard InChI is InChI=1S/C9H14O6/c1-12-7(11)2-8-14-4-6-9(15-8)5(10)3-13-6/h5-6,8-10H,2-4H2,1H3/t5-,6+,8-,9?/m1/s1. The van der Waals surface area contributed by atoms with Crippen molar-refractivity contribution in [3.63, 3.8) is 0 Å². The van der Waals surface area contributed by atoms with Crippen LogP contribution in [0.1, 0.15) is 6.42 Å². The summed E-state index contributed by atoms with van der Waals surface area (Å²) < 4.78 is 20.4. The van der Waals surface area contributed by atoms with Crippen LogP contribution in [-0.4, -0.2) is 56.0 Å². The van der Waals surface area contributed by atoms with Crippen LogP contribution in [0.5, 0.6) is 0 Å². The number of rotatable bonds is 2. The van der Waals surface area contributed by atoms with Crippen LogP contribution < -0.4 is 0 Å². The highest BCUT2D eigenvalue weighted by molar-refractivity contribution is 5.69. The van der Waals surface area contributed by atoms with Crippen molar-refractivity contribution in [2.45, 2.75) is 31.0 Å². The van der Waals surface area contributed by atoms with Crippen molar-refractivity contribution in [3.05, 3.63) is 0 Å². The lowest BCUT2D eigenvalue weighted by atomic mass is 10.1. The zero-order chi connectivity index (χ0) is 10.8. The Bertz CT molecular complexity index is 243. The van der Waals surface area contributed by atoms with Crippen molar-refractivity contribution >= 4 is 5.97 Å². The zero-order valence-electron chi connectivity index (χ0n) is 8.42. The van der Waals surface area contributed by atoms with Gasteiger partial charge in [0.05, 0.1) is 26.7 Å². The van der Waals surface area contributed by atoms with E-state index in [4.69, 9.17) is 14.2 Å². The summed E-state index contributed by atoms with van der Waals surface area (Å²) >= 11 is 0. The second kappa shape index (κ2) is 4.44. The van der Waals surface area contributed by atoms with Crippen molar-refractivity contribution < 1.29 is 28.8 Å². The van der Waals surface area contributed by atoms with E-state index in [1.165, 1.54) is 7.11 Å². The summed E-state index contributed by atoms with van der Waals surface area (Å²) in [6.45, 7) is 0.590. The Labute approximate surface area is 87.1 Å². The van der Waals surface area contributed by atoms with Gasteiger partial charge in [-0.3, -0.25) is 4.79 Å². The number of ether oxygens (including phenoxy) is 4. The molecule has 0 spiro atoms. The molecule has 0 aromatic carbocycles. The van der Waals surface area contributed by atoms with Gasteiger partial charge in [0.25, 0.3) is 0 Å². The number of hydrogen-bond acceptors (Lipinski definition) is 6. The summed E-state index contributed by atoms with van der Waals surface area (Å²) in [7, 11) is 1.31. The molecular weight excluding hydrogens is 204 g/mol. The van der Waals surface area contributed by atoms with E-state index in [2.05, 4.69) is 4.74 Å². The van der Waals surface area contributed by atoms with Gasteiger partial charge in [0, 0.05) is 0 Å². The van der Waals surface area contributed by atoms with Crippen LogP contribution in [0.25, 0.3) is 0 Å². The number of carbonyl (C=O) groups is 1. The van der Waals surface area contributed by atoms with E-state index in [0.717, 1.165) is 0 Å². The van der Waals surface area contributed by atoms with E-state index in [9.17, 15) is 9.90 Å². The SMILES string of the molecule is COC(=O)C[C@@H]1OC[C@@H]2OC[C@@H](O)C2O1. The Morgan fingerprint density at radius 2 is 2.27 bits per heavy atom. The van der Waals surface area contributed by atoms with Gasteiger partial charge in [-0.15, -0.1) is 0 Å². The number of fused-ring (bicyclic) bond motifs is 1. The van der Waals surface area contributed by atoms with Crippen LogP contribution in [0.3, 0.4) is 0 Å². The molecule has 2 fully saturated rings. The Kier molecular flexibility index (Phi) is 3.20. The minimum atomic E-state index is -0.643. The van der Waals surface area contributed by atoms with Crippen molar-refractivity contribution in [2.24, 2.45) is 0 Å². The summed E-state index contributed by atoms with van der Waals surface area (Å²) in [5.74, 6) is -0.396. The molecule has 2 aliphatic rings. The number of hydrogen-bond donors (Lipinski definition) is 1. The van der Waals surface area contributed by atoms with Gasteiger partial charge in [-0.2, -0.15) is 0 Å². The minimum absolute atomic E-state index is 0.0342. The number of carbonyl (C=O) groups excluding carboxylic acids is 1. The molecule has 2 aliphatic heterocycles. The fourth-order valence-corrected chi connectivity index (χ4v) is 1.72. The van der Waals surface area contributed by atoms with Gasteiger partial charge in [0.2, 0.25) is 0 Å². The second-order valence-electron chi connectivity index (χ2n) is 3.58. The molecule has 1 N–H and O–H groups in total. The van der Waals surface area contributed by atoms with Crippen molar-refractivity contribution in [1.82, 2.24) is 0 Å². The molecule has 0 saturated carbocycles. The first-order valence-electron chi connectivity index (χ1n) is 4.84. The van der Waals surface area contributed by atoms with Crippen LogP contribution in [0.4, 0.5) is 0 Å². The number of aliphatic hydroxyl groups is 1. The highest BCUT2D eigenvalue weighted by Crippen LogP contribution is 2.25. The first-order chi connectivity index (χ1) is 7.20. The van der Waals surface area contributed by atoms with Gasteiger partial charge in [0.1, 0.15) is 18.3 Å². The summed E-state index contributed by atoms with van der Waals surface area (Å²) in [6, 6.07) is 0. The summed E-state index contributed by atoms with van der Waals surface area (Å²) in [6.07, 6.45) is -1.87. The molecule has 86 valence electrons. The molecule has 0 amide bonds. The van der Waals surface area contributed by atoms with Crippen molar-refractivity contribution in [2.75, 3.05) is 20.3 Å². The molecule has 0 aromatic heterocycles. The van der Waals surface area contributed by atoms with Crippen LogP contribution in [0, 0.1) is 0 Å². The molecule has 0 aliphatic carbocycles. The van der Waals surface area contributed by atoms with E-state index >= 15 is 0 Å². The second-order valence-corrected chi connectivity index (χ2v) is 3.58. The maximum Gasteiger partial charge on any atom is 0.310 e. The van der Waals surface area contributed by atoms with E-state index in [1.807, 2.05) is 0 Å². The zero-order valence-corrected chi connectivity index (χ0v) is 8.42. The topological polar surface area (TPSA) is 74.2 Å². The molecule has 1 unspecified atom stereocenters. The fraction of sp³-hybridized carbons (Fsp3) is 0.889. The molecule has 4 atom stereocenters. The van der Waals surface area contributed by atoms with Gasteiger partial charge < -0.3 is 24.1 Å². The maximum absolute atomic E-state index is 11.0. The predicted octanol–water partition coefficient (Wildman–Crippen LogP) is -0.949. The molecule has 2 rings (SSSR count). The maximum atomic E-state index is 11.0. The quantitative estimate of drug-likeness (QED) is 0.602. The fourth-order valence-electron chi connectivity index (χ4n) is 1.72. The molecular formula is C9H14O6. The molecule has 0 bridgehead atoms. The number of methoxy groups -OCH3 is 1. The summed E-state index contributed by atoms with van der Waals surface area (Å²) in [5, 5.41) is 9.51. The number of aliphatic hydroxyl groups excluding tert-OH is 1. The Hall–Kier alpha value is -0.690. The third-order valence-electron chi connectivity index (χ3n) is 2.54. The van der Waals surface area contributed by atoms with E-state index in [1.54, 1.807) is 0 Å². The average molecular weight is 218 g/mol. The molecule has 0 radical (unpaired) electrons. The largest absolute Gasteiger partial charge is 0.469 e. The lowest BCUT2D eigenvalue weighted by Crippen LogP contribution is -2.46. The van der Waals surface area contributed by atoms with E-state index in [-0.39, 0.29) is 19.1 Å². The normalized spacial score (nSPS) is 39.9. The Morgan fingerprint density at radius 1 is 1.47 bits per heavy atom.